The van der Waals surface area contributed by atoms with Crippen molar-refractivity contribution in [1.82, 2.24) is 10.6 Å². The number of hydrogen-bond donors (Lipinski definition) is 2. The summed E-state index contributed by atoms with van der Waals surface area (Å²) in [5, 5.41) is 6.40. The monoisotopic (exact) mass is 292 g/mol. The average molecular weight is 293 g/mol. The van der Waals surface area contributed by atoms with Gasteiger partial charge in [-0.15, -0.1) is 0 Å². The Balaban J connectivity index is 3.01. The van der Waals surface area contributed by atoms with E-state index in [9.17, 15) is 0 Å². The van der Waals surface area contributed by atoms with Gasteiger partial charge in [-0.25, -0.2) is 0 Å². The third kappa shape index (κ3) is 16.8. The van der Waals surface area contributed by atoms with Crippen LogP contribution in [0.25, 0.3) is 0 Å². The molecule has 0 aliphatic carbocycles. The first-order chi connectivity index (χ1) is 10.3. The van der Waals surface area contributed by atoms with Crippen LogP contribution < -0.4 is 10.6 Å². The smallest absolute Gasteiger partial charge is 0.0261 e. The fraction of sp³-hybridized carbons (Fsp3) is 0.684. The predicted molar refractivity (Wildman–Crippen MR) is 96.3 cm³/mol. The first-order valence-corrected chi connectivity index (χ1v) is 8.70. The molecule has 0 spiro atoms. The zero-order valence-corrected chi connectivity index (χ0v) is 14.0. The summed E-state index contributed by atoms with van der Waals surface area (Å²) >= 11 is 0. The summed E-state index contributed by atoms with van der Waals surface area (Å²) in [5.41, 5.74) is 0.940. The minimum absolute atomic E-state index is 0.940. The molecule has 0 atom stereocenters. The second kappa shape index (κ2) is 16.9. The van der Waals surface area contributed by atoms with Gasteiger partial charge in [0.2, 0.25) is 0 Å². The summed E-state index contributed by atoms with van der Waals surface area (Å²) in [6.45, 7) is 13.3. The number of rotatable bonds is 17. The maximum atomic E-state index is 3.84. The number of hydrogen-bond acceptors (Lipinski definition) is 2. The maximum Gasteiger partial charge on any atom is 0.0261 e. The van der Waals surface area contributed by atoms with Crippen LogP contribution in [0.3, 0.4) is 0 Å². The second-order valence-electron chi connectivity index (χ2n) is 5.70. The molecule has 0 aliphatic heterocycles. The van der Waals surface area contributed by atoms with Gasteiger partial charge >= 0.3 is 0 Å². The summed E-state index contributed by atoms with van der Waals surface area (Å²) in [6, 6.07) is 0. The van der Waals surface area contributed by atoms with Gasteiger partial charge in [0.25, 0.3) is 0 Å². The third-order valence-corrected chi connectivity index (χ3v) is 3.74. The third-order valence-electron chi connectivity index (χ3n) is 3.74. The Labute approximate surface area is 132 Å². The molecule has 0 rings (SSSR count). The van der Waals surface area contributed by atoms with E-state index >= 15 is 0 Å². The van der Waals surface area contributed by atoms with Crippen LogP contribution in [0.2, 0.25) is 0 Å². The quantitative estimate of drug-likeness (QED) is 0.281. The van der Waals surface area contributed by atoms with Crippen molar-refractivity contribution in [3.05, 3.63) is 37.7 Å². The lowest BCUT2D eigenvalue weighted by atomic mass is 10.1. The van der Waals surface area contributed by atoms with E-state index in [1.54, 1.807) is 12.3 Å². The Kier molecular flexibility index (Phi) is 15.9. The van der Waals surface area contributed by atoms with Crippen molar-refractivity contribution < 1.29 is 0 Å². The molecule has 0 radical (unpaired) electrons. The summed E-state index contributed by atoms with van der Waals surface area (Å²) in [6.07, 6.45) is 18.5. The van der Waals surface area contributed by atoms with Crippen molar-refractivity contribution >= 4 is 0 Å². The summed E-state index contributed by atoms with van der Waals surface area (Å²) < 4.78 is 0. The van der Waals surface area contributed by atoms with Crippen LogP contribution in [0, 0.1) is 0 Å². The van der Waals surface area contributed by atoms with Gasteiger partial charge in [0.05, 0.1) is 0 Å². The predicted octanol–water partition coefficient (Wildman–Crippen LogP) is 5.30. The first kappa shape index (κ1) is 19.8. The van der Waals surface area contributed by atoms with Crippen LogP contribution in [-0.2, 0) is 0 Å². The fourth-order valence-electron chi connectivity index (χ4n) is 2.37. The van der Waals surface area contributed by atoms with E-state index in [0.29, 0.717) is 0 Å². The molecule has 0 fully saturated rings. The molecule has 0 unspecified atom stereocenters. The molecule has 21 heavy (non-hydrogen) atoms. The van der Waals surface area contributed by atoms with Gasteiger partial charge < -0.3 is 10.6 Å². The molecule has 0 aromatic rings. The highest BCUT2D eigenvalue weighted by molar-refractivity contribution is 5.07. The van der Waals surface area contributed by atoms with Crippen LogP contribution in [0.4, 0.5) is 0 Å². The fourth-order valence-corrected chi connectivity index (χ4v) is 2.37. The molecule has 0 aromatic heterocycles. The van der Waals surface area contributed by atoms with Gasteiger partial charge in [-0.1, -0.05) is 77.5 Å². The number of unbranched alkanes of at least 4 members (excludes halogenated alkanes) is 10. The summed E-state index contributed by atoms with van der Waals surface area (Å²) in [7, 11) is 0. The summed E-state index contributed by atoms with van der Waals surface area (Å²) in [4.78, 5) is 0. The minimum atomic E-state index is 0.940. The number of nitrogens with one attached hydrogen (secondary N) is 2. The molecule has 0 saturated heterocycles. The van der Waals surface area contributed by atoms with Crippen LogP contribution in [0.15, 0.2) is 37.7 Å². The Hall–Kier alpha value is -1.18. The van der Waals surface area contributed by atoms with Crippen LogP contribution >= 0.6 is 0 Å². The van der Waals surface area contributed by atoms with E-state index in [2.05, 4.69) is 30.4 Å². The molecule has 0 amide bonds. The van der Waals surface area contributed by atoms with Crippen molar-refractivity contribution in [1.29, 1.82) is 0 Å². The summed E-state index contributed by atoms with van der Waals surface area (Å²) in [5.74, 6) is 0. The first-order valence-electron chi connectivity index (χ1n) is 8.70. The lowest BCUT2D eigenvalue weighted by molar-refractivity contribution is 0.541. The molecule has 2 N–H and O–H groups in total. The van der Waals surface area contributed by atoms with Crippen molar-refractivity contribution in [2.75, 3.05) is 13.1 Å². The zero-order valence-electron chi connectivity index (χ0n) is 14.0. The van der Waals surface area contributed by atoms with E-state index in [4.69, 9.17) is 0 Å². The van der Waals surface area contributed by atoms with Gasteiger partial charge in [0.1, 0.15) is 0 Å². The van der Waals surface area contributed by atoms with E-state index in [1.165, 1.54) is 70.6 Å². The van der Waals surface area contributed by atoms with E-state index < -0.39 is 0 Å². The largest absolute Gasteiger partial charge is 0.391 e. The average Bonchev–Trinajstić information content (AvgIpc) is 2.50. The molecule has 0 bridgehead atoms. The Bertz CT molecular complexity index is 258. The Morgan fingerprint density at radius 3 is 1.52 bits per heavy atom. The van der Waals surface area contributed by atoms with Crippen LogP contribution in [0.5, 0.6) is 0 Å². The van der Waals surface area contributed by atoms with Crippen LogP contribution in [-0.4, -0.2) is 13.1 Å². The van der Waals surface area contributed by atoms with Gasteiger partial charge in [-0.2, -0.15) is 0 Å². The molecule has 2 nitrogen and oxygen atoms in total. The molecule has 2 heteroatoms. The topological polar surface area (TPSA) is 24.1 Å². The Morgan fingerprint density at radius 2 is 1.10 bits per heavy atom. The molecule has 0 heterocycles. The SMILES string of the molecule is C=CNCCCCCCCCCCCCCNC(=C)C=C. The standard InChI is InChI=1S/C19H36N2/c1-4-19(3)21-18-16-14-12-10-8-6-7-9-11-13-15-17-20-5-2/h4-5,20-21H,1-3,6-18H2. The molecule has 0 saturated carbocycles. The zero-order chi connectivity index (χ0) is 15.6. The van der Waals surface area contributed by atoms with Crippen molar-refractivity contribution in [2.24, 2.45) is 0 Å². The Morgan fingerprint density at radius 1 is 0.667 bits per heavy atom. The van der Waals surface area contributed by atoms with Gasteiger partial charge in [0.15, 0.2) is 0 Å². The van der Waals surface area contributed by atoms with Crippen molar-refractivity contribution in [2.45, 2.75) is 70.6 Å². The molecule has 0 aromatic carbocycles. The van der Waals surface area contributed by atoms with Crippen LogP contribution in [0.1, 0.15) is 70.6 Å². The van der Waals surface area contributed by atoms with Crippen molar-refractivity contribution in [3.63, 3.8) is 0 Å². The van der Waals surface area contributed by atoms with E-state index in [-0.39, 0.29) is 0 Å². The second-order valence-corrected chi connectivity index (χ2v) is 5.70. The minimum Gasteiger partial charge on any atom is -0.391 e. The van der Waals surface area contributed by atoms with Gasteiger partial charge in [0, 0.05) is 18.8 Å². The van der Waals surface area contributed by atoms with E-state index in [1.807, 2.05) is 0 Å². The van der Waals surface area contributed by atoms with Gasteiger partial charge in [-0.3, -0.25) is 0 Å². The lowest BCUT2D eigenvalue weighted by Crippen LogP contribution is -2.11. The normalized spacial score (nSPS) is 10.1. The van der Waals surface area contributed by atoms with Crippen molar-refractivity contribution in [3.8, 4) is 0 Å². The number of allylic oxidation sites excluding steroid dienone is 1. The van der Waals surface area contributed by atoms with Gasteiger partial charge in [-0.05, 0) is 25.1 Å². The molecular weight excluding hydrogens is 256 g/mol. The highest BCUT2D eigenvalue weighted by atomic mass is 14.9. The van der Waals surface area contributed by atoms with E-state index in [0.717, 1.165) is 18.8 Å². The molecule has 122 valence electrons. The maximum absolute atomic E-state index is 3.84. The molecule has 0 aliphatic rings. The highest BCUT2D eigenvalue weighted by Gasteiger charge is 1.94. The highest BCUT2D eigenvalue weighted by Crippen LogP contribution is 2.11. The lowest BCUT2D eigenvalue weighted by Gasteiger charge is -2.05. The molecular formula is C19H36N2.